The summed E-state index contributed by atoms with van der Waals surface area (Å²) >= 11 is 1.23. The number of aliphatic imine (C=N–C) groups is 1. The third-order valence-corrected chi connectivity index (χ3v) is 7.17. The number of nitrogens with zero attached hydrogens (tertiary/aromatic N) is 2. The number of benzene rings is 2. The molecule has 0 spiro atoms. The van der Waals surface area contributed by atoms with Crippen LogP contribution in [0.25, 0.3) is 0 Å². The number of rotatable bonds is 6. The fraction of sp³-hybridized carbons (Fsp3) is 0.417. The standard InChI is InChI=1S/C24H31N3O2S2/c1-15(2)19-12-21(16(3)4)23(22(13-19)17(5)6)31(28,29)27-24(30-7)26-20-10-8-18(14-25)9-11-20/h8-13,15-17H,1-7H3,(H,26,27). The average molecular weight is 458 g/mol. The van der Waals surface area contributed by atoms with Crippen molar-refractivity contribution in [1.82, 2.24) is 4.72 Å². The van der Waals surface area contributed by atoms with Gasteiger partial charge in [-0.15, -0.1) is 0 Å². The van der Waals surface area contributed by atoms with Gasteiger partial charge in [0.25, 0.3) is 10.0 Å². The van der Waals surface area contributed by atoms with Crippen LogP contribution >= 0.6 is 11.8 Å². The van der Waals surface area contributed by atoms with Gasteiger partial charge in [-0.05, 0) is 65.0 Å². The van der Waals surface area contributed by atoms with Crippen molar-refractivity contribution in [2.24, 2.45) is 4.99 Å². The number of amidine groups is 1. The van der Waals surface area contributed by atoms with E-state index < -0.39 is 10.0 Å². The van der Waals surface area contributed by atoms with Crippen LogP contribution in [0.15, 0.2) is 46.3 Å². The van der Waals surface area contributed by atoms with Gasteiger partial charge in [0.2, 0.25) is 0 Å². The van der Waals surface area contributed by atoms with Crippen molar-refractivity contribution in [2.45, 2.75) is 64.2 Å². The Morgan fingerprint density at radius 1 is 0.968 bits per heavy atom. The first-order valence-electron chi connectivity index (χ1n) is 10.3. The molecule has 0 saturated heterocycles. The van der Waals surface area contributed by atoms with E-state index in [-0.39, 0.29) is 17.0 Å². The molecule has 166 valence electrons. The monoisotopic (exact) mass is 457 g/mol. The van der Waals surface area contributed by atoms with Crippen LogP contribution in [0.3, 0.4) is 0 Å². The highest BCUT2D eigenvalue weighted by molar-refractivity contribution is 8.14. The SMILES string of the molecule is CS/C(=N\c1ccc(C#N)cc1)NS(=O)(=O)c1c(C(C)C)cc(C(C)C)cc1C(C)C. The molecule has 0 aliphatic heterocycles. The Morgan fingerprint density at radius 2 is 1.48 bits per heavy atom. The Hall–Kier alpha value is -2.30. The molecule has 5 nitrogen and oxygen atoms in total. The van der Waals surface area contributed by atoms with Gasteiger partial charge in [0.1, 0.15) is 0 Å². The minimum atomic E-state index is -3.85. The predicted molar refractivity (Wildman–Crippen MR) is 131 cm³/mol. The molecule has 0 aliphatic rings. The van der Waals surface area contributed by atoms with E-state index in [0.29, 0.717) is 22.1 Å². The Labute approximate surface area is 191 Å². The molecule has 0 atom stereocenters. The van der Waals surface area contributed by atoms with Gasteiger partial charge >= 0.3 is 0 Å². The summed E-state index contributed by atoms with van der Waals surface area (Å²) in [7, 11) is -3.85. The lowest BCUT2D eigenvalue weighted by molar-refractivity contribution is 0.587. The van der Waals surface area contributed by atoms with Crippen molar-refractivity contribution in [3.05, 3.63) is 58.7 Å². The minimum absolute atomic E-state index is 0.0518. The predicted octanol–water partition coefficient (Wildman–Crippen LogP) is 6.26. The van der Waals surface area contributed by atoms with Crippen LogP contribution in [0.4, 0.5) is 5.69 Å². The number of nitrogens with one attached hydrogen (secondary N) is 1. The van der Waals surface area contributed by atoms with E-state index in [9.17, 15) is 8.42 Å². The van der Waals surface area contributed by atoms with Gasteiger partial charge < -0.3 is 0 Å². The van der Waals surface area contributed by atoms with Gasteiger partial charge in [0, 0.05) is 0 Å². The molecule has 2 aromatic rings. The first kappa shape index (κ1) is 25.0. The topological polar surface area (TPSA) is 82.3 Å². The van der Waals surface area contributed by atoms with Gasteiger partial charge in [-0.2, -0.15) is 5.26 Å². The third-order valence-electron chi connectivity index (χ3n) is 4.99. The van der Waals surface area contributed by atoms with Gasteiger partial charge in [-0.25, -0.2) is 13.4 Å². The van der Waals surface area contributed by atoms with Crippen molar-refractivity contribution in [1.29, 1.82) is 5.26 Å². The van der Waals surface area contributed by atoms with Crippen molar-refractivity contribution < 1.29 is 8.42 Å². The highest BCUT2D eigenvalue weighted by Crippen LogP contribution is 2.35. The largest absolute Gasteiger partial charge is 0.264 e. The maximum atomic E-state index is 13.6. The lowest BCUT2D eigenvalue weighted by atomic mass is 9.89. The molecule has 0 amide bonds. The molecule has 0 bridgehead atoms. The molecular formula is C24H31N3O2S2. The number of hydrogen-bond donors (Lipinski definition) is 1. The summed E-state index contributed by atoms with van der Waals surface area (Å²) in [5, 5.41) is 9.23. The van der Waals surface area contributed by atoms with Crippen LogP contribution in [0.1, 0.15) is 81.5 Å². The zero-order valence-corrected chi connectivity index (χ0v) is 20.9. The molecule has 0 fully saturated rings. The van der Waals surface area contributed by atoms with Gasteiger partial charge in [-0.1, -0.05) is 65.4 Å². The zero-order valence-electron chi connectivity index (χ0n) is 19.2. The van der Waals surface area contributed by atoms with Crippen molar-refractivity contribution in [3.8, 4) is 6.07 Å². The molecule has 0 heterocycles. The van der Waals surface area contributed by atoms with E-state index >= 15 is 0 Å². The minimum Gasteiger partial charge on any atom is -0.258 e. The van der Waals surface area contributed by atoms with Crippen LogP contribution in [0.5, 0.6) is 0 Å². The molecule has 1 N–H and O–H groups in total. The highest BCUT2D eigenvalue weighted by Gasteiger charge is 2.27. The molecule has 0 saturated carbocycles. The maximum absolute atomic E-state index is 13.6. The van der Waals surface area contributed by atoms with Crippen molar-refractivity contribution in [2.75, 3.05) is 6.26 Å². The van der Waals surface area contributed by atoms with Gasteiger partial charge in [0.15, 0.2) is 5.17 Å². The molecule has 2 aromatic carbocycles. The smallest absolute Gasteiger partial charge is 0.258 e. The summed E-state index contributed by atoms with van der Waals surface area (Å²) in [6.45, 7) is 12.3. The Kier molecular flexibility index (Phi) is 8.33. The summed E-state index contributed by atoms with van der Waals surface area (Å²) < 4.78 is 29.8. The van der Waals surface area contributed by atoms with E-state index in [1.165, 1.54) is 11.8 Å². The zero-order chi connectivity index (χ0) is 23.3. The van der Waals surface area contributed by atoms with Crippen molar-refractivity contribution in [3.63, 3.8) is 0 Å². The summed E-state index contributed by atoms with van der Waals surface area (Å²) in [6, 6.07) is 12.8. The first-order chi connectivity index (χ1) is 14.5. The Morgan fingerprint density at radius 3 is 1.87 bits per heavy atom. The van der Waals surface area contributed by atoms with Crippen molar-refractivity contribution >= 4 is 32.6 Å². The summed E-state index contributed by atoms with van der Waals surface area (Å²) in [6.07, 6.45) is 1.78. The van der Waals surface area contributed by atoms with Crippen LogP contribution in [-0.4, -0.2) is 19.8 Å². The van der Waals surface area contributed by atoms with Crippen LogP contribution < -0.4 is 4.72 Å². The van der Waals surface area contributed by atoms with E-state index in [0.717, 1.165) is 16.7 Å². The van der Waals surface area contributed by atoms with E-state index in [4.69, 9.17) is 5.26 Å². The molecule has 0 aliphatic carbocycles. The van der Waals surface area contributed by atoms with Crippen LogP contribution in [0.2, 0.25) is 0 Å². The number of nitriles is 1. The normalized spacial score (nSPS) is 12.5. The van der Waals surface area contributed by atoms with Gasteiger partial charge in [0.05, 0.1) is 22.2 Å². The molecule has 0 radical (unpaired) electrons. The van der Waals surface area contributed by atoms with E-state index in [1.807, 2.05) is 39.8 Å². The lowest BCUT2D eigenvalue weighted by Gasteiger charge is -2.23. The fourth-order valence-electron chi connectivity index (χ4n) is 3.20. The van der Waals surface area contributed by atoms with Crippen LogP contribution in [-0.2, 0) is 10.0 Å². The molecule has 0 aromatic heterocycles. The molecular weight excluding hydrogens is 426 g/mol. The highest BCUT2D eigenvalue weighted by atomic mass is 32.2. The molecule has 0 unspecified atom stereocenters. The Balaban J connectivity index is 2.59. The number of sulfonamides is 1. The van der Waals surface area contributed by atoms with Crippen LogP contribution in [0, 0.1) is 11.3 Å². The van der Waals surface area contributed by atoms with E-state index in [1.54, 1.807) is 30.5 Å². The molecule has 7 heteroatoms. The van der Waals surface area contributed by atoms with Gasteiger partial charge in [-0.3, -0.25) is 4.72 Å². The maximum Gasteiger partial charge on any atom is 0.264 e. The second-order valence-electron chi connectivity index (χ2n) is 8.38. The summed E-state index contributed by atoms with van der Waals surface area (Å²) in [5.41, 5.74) is 3.89. The summed E-state index contributed by atoms with van der Waals surface area (Å²) in [5.74, 6) is 0.409. The summed E-state index contributed by atoms with van der Waals surface area (Å²) in [4.78, 5) is 4.79. The fourth-order valence-corrected chi connectivity index (χ4v) is 5.65. The number of thioether (sulfide) groups is 1. The average Bonchev–Trinajstić information content (AvgIpc) is 2.72. The Bertz CT molecular complexity index is 1070. The quantitative estimate of drug-likeness (QED) is 0.410. The second kappa shape index (κ2) is 10.3. The number of hydrogen-bond acceptors (Lipinski definition) is 5. The lowest BCUT2D eigenvalue weighted by Crippen LogP contribution is -2.30. The molecule has 2 rings (SSSR count). The van der Waals surface area contributed by atoms with E-state index in [2.05, 4.69) is 29.6 Å². The second-order valence-corrected chi connectivity index (χ2v) is 10.8. The first-order valence-corrected chi connectivity index (χ1v) is 13.0. The molecule has 31 heavy (non-hydrogen) atoms. The third kappa shape index (κ3) is 6.11.